The Morgan fingerprint density at radius 3 is 2.22 bits per heavy atom. The summed E-state index contributed by atoms with van der Waals surface area (Å²) in [6.45, 7) is 8.72. The van der Waals surface area contributed by atoms with Gasteiger partial charge in [-0.05, 0) is 53.8 Å². The summed E-state index contributed by atoms with van der Waals surface area (Å²) in [4.78, 5) is 29.7. The third kappa shape index (κ3) is 4.81. The Morgan fingerprint density at radius 1 is 1.09 bits per heavy atom. The molecule has 0 radical (unpaired) electrons. The Morgan fingerprint density at radius 2 is 1.70 bits per heavy atom. The van der Waals surface area contributed by atoms with E-state index in [1.54, 1.807) is 0 Å². The maximum Gasteiger partial charge on any atom is 0.410 e. The highest BCUT2D eigenvalue weighted by molar-refractivity contribution is 5.76. The lowest BCUT2D eigenvalue weighted by Crippen LogP contribution is -2.62. The summed E-state index contributed by atoms with van der Waals surface area (Å²) in [6.07, 6.45) is 1.53. The molecule has 2 heterocycles. The lowest BCUT2D eigenvalue weighted by molar-refractivity contribution is -0.147. The van der Waals surface area contributed by atoms with E-state index in [2.05, 4.69) is 16.8 Å². The zero-order valence-electron chi connectivity index (χ0n) is 14.6. The van der Waals surface area contributed by atoms with Crippen molar-refractivity contribution in [3.8, 4) is 0 Å². The summed E-state index contributed by atoms with van der Waals surface area (Å²) in [5, 5.41) is 9.59. The molecular weight excluding hydrogens is 298 g/mol. The first-order chi connectivity index (χ1) is 10.7. The Labute approximate surface area is 138 Å². The van der Waals surface area contributed by atoms with Crippen LogP contribution in [0.1, 0.15) is 33.6 Å². The van der Waals surface area contributed by atoms with Crippen LogP contribution in [-0.4, -0.2) is 89.3 Å². The summed E-state index contributed by atoms with van der Waals surface area (Å²) in [6, 6.07) is -0.363. The fourth-order valence-corrected chi connectivity index (χ4v) is 3.27. The van der Waals surface area contributed by atoms with E-state index in [0.717, 1.165) is 25.9 Å². The normalized spacial score (nSPS) is 25.4. The Bertz CT molecular complexity index is 441. The number of carbonyl (C=O) groups is 2. The van der Waals surface area contributed by atoms with Gasteiger partial charge >= 0.3 is 12.1 Å². The second-order valence-electron chi connectivity index (χ2n) is 7.55. The van der Waals surface area contributed by atoms with Gasteiger partial charge in [0, 0.05) is 19.1 Å². The molecule has 132 valence electrons. The molecule has 1 atom stereocenters. The van der Waals surface area contributed by atoms with E-state index < -0.39 is 23.7 Å². The number of carboxylic acids is 1. The number of rotatable bonds is 2. The Hall–Kier alpha value is -1.34. The first-order valence-corrected chi connectivity index (χ1v) is 8.32. The van der Waals surface area contributed by atoms with E-state index in [9.17, 15) is 14.7 Å². The highest BCUT2D eigenvalue weighted by Crippen LogP contribution is 2.22. The van der Waals surface area contributed by atoms with Gasteiger partial charge in [-0.15, -0.1) is 0 Å². The van der Waals surface area contributed by atoms with Gasteiger partial charge in [0.15, 0.2) is 0 Å². The number of ether oxygens (including phenoxy) is 1. The zero-order chi connectivity index (χ0) is 17.2. The topological polar surface area (TPSA) is 73.3 Å². The minimum atomic E-state index is -0.864. The van der Waals surface area contributed by atoms with Crippen LogP contribution in [0, 0.1) is 0 Å². The second kappa shape index (κ2) is 7.05. The zero-order valence-corrected chi connectivity index (χ0v) is 14.6. The predicted molar refractivity (Wildman–Crippen MR) is 86.5 cm³/mol. The van der Waals surface area contributed by atoms with Crippen molar-refractivity contribution >= 4 is 12.1 Å². The van der Waals surface area contributed by atoms with Gasteiger partial charge in [-0.25, -0.2) is 4.79 Å². The van der Waals surface area contributed by atoms with Gasteiger partial charge in [0.2, 0.25) is 0 Å². The summed E-state index contributed by atoms with van der Waals surface area (Å²) in [5.74, 6) is -0.864. The minimum Gasteiger partial charge on any atom is -0.480 e. The highest BCUT2D eigenvalue weighted by atomic mass is 16.6. The number of piperazine rings is 1. The molecule has 0 aromatic heterocycles. The first-order valence-electron chi connectivity index (χ1n) is 8.32. The third-order valence-corrected chi connectivity index (χ3v) is 4.52. The molecule has 0 saturated carbocycles. The molecule has 1 unspecified atom stereocenters. The van der Waals surface area contributed by atoms with E-state index in [1.165, 1.54) is 4.90 Å². The van der Waals surface area contributed by atoms with Crippen LogP contribution in [-0.2, 0) is 9.53 Å². The maximum absolute atomic E-state index is 12.2. The average Bonchev–Trinajstić information content (AvgIpc) is 2.45. The molecule has 2 rings (SSSR count). The molecule has 23 heavy (non-hydrogen) atoms. The third-order valence-electron chi connectivity index (χ3n) is 4.52. The number of piperidine rings is 1. The lowest BCUT2D eigenvalue weighted by Gasteiger charge is -2.45. The van der Waals surface area contributed by atoms with Gasteiger partial charge in [-0.1, -0.05) is 0 Å². The van der Waals surface area contributed by atoms with E-state index in [0.29, 0.717) is 13.1 Å². The van der Waals surface area contributed by atoms with Crippen LogP contribution in [0.5, 0.6) is 0 Å². The number of aliphatic carboxylic acids is 1. The SMILES string of the molecule is CN1CCC(N2CCN(C(=O)OC(C)(C)C)CC2C(=O)O)CC1. The Kier molecular flexibility index (Phi) is 5.52. The fraction of sp³-hybridized carbons (Fsp3) is 0.875. The molecule has 2 aliphatic heterocycles. The van der Waals surface area contributed by atoms with Crippen LogP contribution >= 0.6 is 0 Å². The predicted octanol–water partition coefficient (Wildman–Crippen LogP) is 1.09. The van der Waals surface area contributed by atoms with E-state index >= 15 is 0 Å². The van der Waals surface area contributed by atoms with Gasteiger partial charge in [0.1, 0.15) is 11.6 Å². The molecule has 7 heteroatoms. The molecule has 2 fully saturated rings. The largest absolute Gasteiger partial charge is 0.480 e. The van der Waals surface area contributed by atoms with Crippen molar-refractivity contribution in [1.82, 2.24) is 14.7 Å². The lowest BCUT2D eigenvalue weighted by atomic mass is 9.99. The summed E-state index contributed by atoms with van der Waals surface area (Å²) < 4.78 is 5.37. The molecule has 0 spiro atoms. The molecule has 0 aromatic rings. The Balaban J connectivity index is 2.00. The van der Waals surface area contributed by atoms with Gasteiger partial charge in [-0.2, -0.15) is 0 Å². The van der Waals surface area contributed by atoms with Crippen molar-refractivity contribution in [3.05, 3.63) is 0 Å². The van der Waals surface area contributed by atoms with Crippen LogP contribution in [0.25, 0.3) is 0 Å². The number of hydrogen-bond acceptors (Lipinski definition) is 5. The number of likely N-dealkylation sites (tertiary alicyclic amines) is 1. The van der Waals surface area contributed by atoms with Gasteiger partial charge in [0.25, 0.3) is 0 Å². The van der Waals surface area contributed by atoms with Crippen molar-refractivity contribution in [2.45, 2.75) is 51.3 Å². The van der Waals surface area contributed by atoms with Crippen LogP contribution in [0.15, 0.2) is 0 Å². The van der Waals surface area contributed by atoms with Crippen molar-refractivity contribution in [1.29, 1.82) is 0 Å². The van der Waals surface area contributed by atoms with Crippen LogP contribution in [0.2, 0.25) is 0 Å². The molecule has 0 bridgehead atoms. The van der Waals surface area contributed by atoms with Crippen LogP contribution in [0.3, 0.4) is 0 Å². The molecule has 7 nitrogen and oxygen atoms in total. The number of amides is 1. The molecule has 2 saturated heterocycles. The molecule has 1 N–H and O–H groups in total. The molecular formula is C16H29N3O4. The molecule has 2 aliphatic rings. The minimum absolute atomic E-state index is 0.191. The van der Waals surface area contributed by atoms with Crippen molar-refractivity contribution in [2.75, 3.05) is 39.8 Å². The molecule has 0 aromatic carbocycles. The van der Waals surface area contributed by atoms with Gasteiger partial charge < -0.3 is 19.6 Å². The summed E-state index contributed by atoms with van der Waals surface area (Å²) in [7, 11) is 2.09. The molecule has 1 amide bonds. The summed E-state index contributed by atoms with van der Waals surface area (Å²) >= 11 is 0. The first kappa shape index (κ1) is 18.0. The quantitative estimate of drug-likeness (QED) is 0.818. The number of carboxylic acid groups (broad SMARTS) is 1. The number of carbonyl (C=O) groups excluding carboxylic acids is 1. The monoisotopic (exact) mass is 327 g/mol. The average molecular weight is 327 g/mol. The number of hydrogen-bond donors (Lipinski definition) is 1. The second-order valence-corrected chi connectivity index (χ2v) is 7.55. The van der Waals surface area contributed by atoms with E-state index in [-0.39, 0.29) is 12.6 Å². The van der Waals surface area contributed by atoms with Gasteiger partial charge in [-0.3, -0.25) is 9.69 Å². The van der Waals surface area contributed by atoms with Crippen molar-refractivity contribution < 1.29 is 19.4 Å². The number of nitrogens with zero attached hydrogens (tertiary/aromatic N) is 3. The van der Waals surface area contributed by atoms with Crippen molar-refractivity contribution in [2.24, 2.45) is 0 Å². The highest BCUT2D eigenvalue weighted by Gasteiger charge is 2.39. The summed E-state index contributed by atoms with van der Waals surface area (Å²) in [5.41, 5.74) is -0.569. The van der Waals surface area contributed by atoms with Crippen LogP contribution < -0.4 is 0 Å². The van der Waals surface area contributed by atoms with E-state index in [4.69, 9.17) is 4.74 Å². The van der Waals surface area contributed by atoms with Crippen molar-refractivity contribution in [3.63, 3.8) is 0 Å². The van der Waals surface area contributed by atoms with Crippen LogP contribution in [0.4, 0.5) is 4.79 Å². The maximum atomic E-state index is 12.2. The smallest absolute Gasteiger partial charge is 0.410 e. The fourth-order valence-electron chi connectivity index (χ4n) is 3.27. The van der Waals surface area contributed by atoms with Gasteiger partial charge in [0.05, 0.1) is 6.54 Å². The standard InChI is InChI=1S/C16H29N3O4/c1-16(2,3)23-15(22)18-9-10-19(13(11-18)14(20)21)12-5-7-17(4)8-6-12/h12-13H,5-11H2,1-4H3,(H,20,21). The van der Waals surface area contributed by atoms with E-state index in [1.807, 2.05) is 20.8 Å². The molecule has 0 aliphatic carbocycles.